The van der Waals surface area contributed by atoms with Crippen LogP contribution in [0.15, 0.2) is 16.5 Å². The van der Waals surface area contributed by atoms with E-state index in [0.29, 0.717) is 0 Å². The SMILES string of the molecule is O=C(O)c1ccc(C(=O)NC2CCNCC2)o1. The van der Waals surface area contributed by atoms with Gasteiger partial charge in [-0.1, -0.05) is 0 Å². The first-order valence-electron chi connectivity index (χ1n) is 5.51. The number of carbonyl (C=O) groups is 2. The summed E-state index contributed by atoms with van der Waals surface area (Å²) >= 11 is 0. The van der Waals surface area contributed by atoms with Crippen molar-refractivity contribution in [1.29, 1.82) is 0 Å². The zero-order chi connectivity index (χ0) is 12.3. The summed E-state index contributed by atoms with van der Waals surface area (Å²) in [6, 6.07) is 2.78. The maximum Gasteiger partial charge on any atom is 0.371 e. The van der Waals surface area contributed by atoms with Crippen LogP contribution in [-0.4, -0.2) is 36.1 Å². The van der Waals surface area contributed by atoms with Crippen molar-refractivity contribution >= 4 is 11.9 Å². The second kappa shape index (κ2) is 5.01. The standard InChI is InChI=1S/C11H14N2O4/c14-10(13-7-3-5-12-6-4-7)8-1-2-9(17-8)11(15)16/h1-2,7,12H,3-6H2,(H,13,14)(H,15,16). The minimum atomic E-state index is -1.18. The lowest BCUT2D eigenvalue weighted by atomic mass is 10.1. The summed E-state index contributed by atoms with van der Waals surface area (Å²) in [5, 5.41) is 14.7. The Morgan fingerprint density at radius 1 is 1.29 bits per heavy atom. The molecular formula is C11H14N2O4. The van der Waals surface area contributed by atoms with E-state index in [0.717, 1.165) is 25.9 Å². The highest BCUT2D eigenvalue weighted by atomic mass is 16.4. The number of aromatic carboxylic acids is 1. The van der Waals surface area contributed by atoms with Gasteiger partial charge in [-0.2, -0.15) is 0 Å². The number of carbonyl (C=O) groups excluding carboxylic acids is 1. The van der Waals surface area contributed by atoms with Gasteiger partial charge in [0.2, 0.25) is 5.76 Å². The van der Waals surface area contributed by atoms with Crippen molar-refractivity contribution < 1.29 is 19.1 Å². The molecule has 1 saturated heterocycles. The average molecular weight is 238 g/mol. The Bertz CT molecular complexity index is 421. The van der Waals surface area contributed by atoms with Crippen LogP contribution in [0.1, 0.15) is 34.0 Å². The lowest BCUT2D eigenvalue weighted by Crippen LogP contribution is -2.42. The number of hydrogen-bond donors (Lipinski definition) is 3. The first-order chi connectivity index (χ1) is 8.16. The fourth-order valence-electron chi connectivity index (χ4n) is 1.80. The van der Waals surface area contributed by atoms with Gasteiger partial charge in [-0.3, -0.25) is 4.79 Å². The Labute approximate surface area is 98.0 Å². The van der Waals surface area contributed by atoms with Gasteiger partial charge in [0.1, 0.15) is 0 Å². The number of carboxylic acid groups (broad SMARTS) is 1. The molecule has 1 amide bonds. The molecule has 6 nitrogen and oxygen atoms in total. The third-order valence-electron chi connectivity index (χ3n) is 2.71. The monoisotopic (exact) mass is 238 g/mol. The van der Waals surface area contributed by atoms with Crippen molar-refractivity contribution in [3.05, 3.63) is 23.7 Å². The van der Waals surface area contributed by atoms with Crippen molar-refractivity contribution in [2.24, 2.45) is 0 Å². The van der Waals surface area contributed by atoms with E-state index in [-0.39, 0.29) is 23.5 Å². The van der Waals surface area contributed by atoms with Crippen LogP contribution in [0.4, 0.5) is 0 Å². The van der Waals surface area contributed by atoms with E-state index < -0.39 is 5.97 Å². The van der Waals surface area contributed by atoms with Gasteiger partial charge in [0.25, 0.3) is 5.91 Å². The van der Waals surface area contributed by atoms with E-state index in [2.05, 4.69) is 10.6 Å². The van der Waals surface area contributed by atoms with Crippen LogP contribution in [-0.2, 0) is 0 Å². The van der Waals surface area contributed by atoms with Gasteiger partial charge in [0.15, 0.2) is 5.76 Å². The third-order valence-corrected chi connectivity index (χ3v) is 2.71. The van der Waals surface area contributed by atoms with Gasteiger partial charge >= 0.3 is 5.97 Å². The van der Waals surface area contributed by atoms with Crippen LogP contribution in [0.5, 0.6) is 0 Å². The number of nitrogens with one attached hydrogen (secondary N) is 2. The average Bonchev–Trinajstić information content (AvgIpc) is 2.79. The number of furan rings is 1. The molecule has 2 rings (SSSR count). The maximum absolute atomic E-state index is 11.7. The molecule has 1 aliphatic rings. The van der Waals surface area contributed by atoms with Gasteiger partial charge < -0.3 is 20.2 Å². The molecule has 0 saturated carbocycles. The Morgan fingerprint density at radius 3 is 2.53 bits per heavy atom. The van der Waals surface area contributed by atoms with Gasteiger partial charge in [-0.15, -0.1) is 0 Å². The van der Waals surface area contributed by atoms with E-state index >= 15 is 0 Å². The van der Waals surface area contributed by atoms with E-state index in [9.17, 15) is 9.59 Å². The molecule has 0 unspecified atom stereocenters. The van der Waals surface area contributed by atoms with Gasteiger partial charge in [-0.25, -0.2) is 4.79 Å². The summed E-state index contributed by atoms with van der Waals surface area (Å²) in [6.07, 6.45) is 1.75. The molecule has 17 heavy (non-hydrogen) atoms. The molecular weight excluding hydrogens is 224 g/mol. The molecule has 0 spiro atoms. The molecule has 3 N–H and O–H groups in total. The fourth-order valence-corrected chi connectivity index (χ4v) is 1.80. The Balaban J connectivity index is 1.96. The second-order valence-corrected chi connectivity index (χ2v) is 3.97. The lowest BCUT2D eigenvalue weighted by Gasteiger charge is -2.23. The molecule has 0 atom stereocenters. The van der Waals surface area contributed by atoms with E-state index in [1.807, 2.05) is 0 Å². The normalized spacial score (nSPS) is 16.7. The van der Waals surface area contributed by atoms with Crippen LogP contribution >= 0.6 is 0 Å². The molecule has 1 fully saturated rings. The molecule has 1 aliphatic heterocycles. The van der Waals surface area contributed by atoms with Gasteiger partial charge in [0.05, 0.1) is 0 Å². The van der Waals surface area contributed by atoms with Crippen molar-refractivity contribution in [1.82, 2.24) is 10.6 Å². The Hall–Kier alpha value is -1.82. The highest BCUT2D eigenvalue weighted by Crippen LogP contribution is 2.09. The van der Waals surface area contributed by atoms with E-state index in [1.165, 1.54) is 12.1 Å². The Kier molecular flexibility index (Phi) is 3.43. The largest absolute Gasteiger partial charge is 0.475 e. The lowest BCUT2D eigenvalue weighted by molar-refractivity contribution is 0.0659. The zero-order valence-electron chi connectivity index (χ0n) is 9.23. The molecule has 92 valence electrons. The fraction of sp³-hybridized carbons (Fsp3) is 0.455. The minimum absolute atomic E-state index is 0.0425. The van der Waals surface area contributed by atoms with E-state index in [4.69, 9.17) is 9.52 Å². The van der Waals surface area contributed by atoms with Crippen LogP contribution in [0.3, 0.4) is 0 Å². The number of piperidine rings is 1. The van der Waals surface area contributed by atoms with Crippen molar-refractivity contribution in [2.45, 2.75) is 18.9 Å². The summed E-state index contributed by atoms with van der Waals surface area (Å²) in [6.45, 7) is 1.76. The number of rotatable bonds is 3. The summed E-state index contributed by atoms with van der Waals surface area (Å²) < 4.78 is 4.92. The second-order valence-electron chi connectivity index (χ2n) is 3.97. The van der Waals surface area contributed by atoms with Crippen LogP contribution in [0.2, 0.25) is 0 Å². The summed E-state index contributed by atoms with van der Waals surface area (Å²) in [7, 11) is 0. The highest BCUT2D eigenvalue weighted by molar-refractivity contribution is 5.93. The number of carboxylic acids is 1. The molecule has 6 heteroatoms. The zero-order valence-corrected chi connectivity index (χ0v) is 9.23. The summed E-state index contributed by atoms with van der Waals surface area (Å²) in [5.74, 6) is -1.71. The van der Waals surface area contributed by atoms with E-state index in [1.54, 1.807) is 0 Å². The molecule has 2 heterocycles. The highest BCUT2D eigenvalue weighted by Gasteiger charge is 2.19. The van der Waals surface area contributed by atoms with Crippen LogP contribution in [0, 0.1) is 0 Å². The van der Waals surface area contributed by atoms with Crippen molar-refractivity contribution in [3.8, 4) is 0 Å². The molecule has 0 aliphatic carbocycles. The third kappa shape index (κ3) is 2.85. The molecule has 0 radical (unpaired) electrons. The maximum atomic E-state index is 11.7. The molecule has 0 bridgehead atoms. The molecule has 1 aromatic heterocycles. The summed E-state index contributed by atoms with van der Waals surface area (Å²) in [5.41, 5.74) is 0. The first-order valence-corrected chi connectivity index (χ1v) is 5.51. The minimum Gasteiger partial charge on any atom is -0.475 e. The predicted molar refractivity (Wildman–Crippen MR) is 59.0 cm³/mol. The number of amides is 1. The van der Waals surface area contributed by atoms with Crippen molar-refractivity contribution in [2.75, 3.05) is 13.1 Å². The number of hydrogen-bond acceptors (Lipinski definition) is 4. The molecule has 0 aromatic carbocycles. The molecule has 1 aromatic rings. The topological polar surface area (TPSA) is 91.6 Å². The Morgan fingerprint density at radius 2 is 1.94 bits per heavy atom. The van der Waals surface area contributed by atoms with Gasteiger partial charge in [-0.05, 0) is 38.1 Å². The van der Waals surface area contributed by atoms with Crippen LogP contribution in [0.25, 0.3) is 0 Å². The smallest absolute Gasteiger partial charge is 0.371 e. The van der Waals surface area contributed by atoms with Gasteiger partial charge in [0, 0.05) is 6.04 Å². The van der Waals surface area contributed by atoms with Crippen molar-refractivity contribution in [3.63, 3.8) is 0 Å². The quantitative estimate of drug-likeness (QED) is 0.711. The van der Waals surface area contributed by atoms with Crippen LogP contribution < -0.4 is 10.6 Å². The predicted octanol–water partition coefficient (Wildman–Crippen LogP) is 0.460. The summed E-state index contributed by atoms with van der Waals surface area (Å²) in [4.78, 5) is 22.3. The first kappa shape index (κ1) is 11.7.